The number of esters is 1. The molecule has 0 aliphatic rings. The molecule has 2 aromatic rings. The summed E-state index contributed by atoms with van der Waals surface area (Å²) in [5, 5.41) is 7.53. The van der Waals surface area contributed by atoms with Crippen LogP contribution in [0.5, 0.6) is 0 Å². The Morgan fingerprint density at radius 3 is 2.62 bits per heavy atom. The molecule has 0 unspecified atom stereocenters. The number of nitrogens with zero attached hydrogens (tertiary/aromatic N) is 3. The maximum Gasteiger partial charge on any atom is 0.319 e. The molecule has 0 aliphatic heterocycles. The standard InChI is InChI=1S/C16H21N3O5S2/c1-5-19(6-2)26(21,22)13-9-7-8-12(10-13)14-17-18-16(24-14)25-11(3)15(20)23-4/h7-11H,5-6H2,1-4H3/t11-/m1/s1. The van der Waals surface area contributed by atoms with Gasteiger partial charge in [0.05, 0.1) is 12.0 Å². The number of carbonyl (C=O) groups excluding carboxylic acids is 1. The second-order valence-electron chi connectivity index (χ2n) is 5.27. The number of sulfonamides is 1. The van der Waals surface area contributed by atoms with Gasteiger partial charge in [-0.25, -0.2) is 8.42 Å². The van der Waals surface area contributed by atoms with E-state index < -0.39 is 21.2 Å². The number of hydrogen-bond donors (Lipinski definition) is 0. The Balaban J connectivity index is 2.27. The third kappa shape index (κ3) is 4.43. The van der Waals surface area contributed by atoms with Crippen LogP contribution in [-0.2, 0) is 19.6 Å². The van der Waals surface area contributed by atoms with Crippen molar-refractivity contribution in [2.24, 2.45) is 0 Å². The quantitative estimate of drug-likeness (QED) is 0.492. The molecule has 2 rings (SSSR count). The SMILES string of the molecule is CCN(CC)S(=O)(=O)c1cccc(-c2nnc(S[C@H](C)C(=O)OC)o2)c1. The number of rotatable bonds is 8. The monoisotopic (exact) mass is 399 g/mol. The molecular weight excluding hydrogens is 378 g/mol. The molecule has 0 N–H and O–H groups in total. The van der Waals surface area contributed by atoms with Crippen molar-refractivity contribution in [3.8, 4) is 11.5 Å². The van der Waals surface area contributed by atoms with Gasteiger partial charge in [-0.1, -0.05) is 31.7 Å². The second kappa shape index (κ2) is 8.65. The van der Waals surface area contributed by atoms with Crippen LogP contribution in [0.25, 0.3) is 11.5 Å². The first-order chi connectivity index (χ1) is 12.3. The first-order valence-corrected chi connectivity index (χ1v) is 10.3. The van der Waals surface area contributed by atoms with Gasteiger partial charge in [-0.15, -0.1) is 10.2 Å². The topological polar surface area (TPSA) is 103 Å². The van der Waals surface area contributed by atoms with E-state index in [9.17, 15) is 13.2 Å². The van der Waals surface area contributed by atoms with E-state index in [4.69, 9.17) is 4.42 Å². The van der Waals surface area contributed by atoms with Crippen molar-refractivity contribution < 1.29 is 22.4 Å². The number of hydrogen-bond acceptors (Lipinski definition) is 8. The van der Waals surface area contributed by atoms with Crippen LogP contribution < -0.4 is 0 Å². The number of methoxy groups -OCH3 is 1. The van der Waals surface area contributed by atoms with E-state index in [1.165, 1.54) is 23.5 Å². The molecular formula is C16H21N3O5S2. The fraction of sp³-hybridized carbons (Fsp3) is 0.438. The molecule has 8 nitrogen and oxygen atoms in total. The van der Waals surface area contributed by atoms with Crippen LogP contribution in [0.15, 0.2) is 38.8 Å². The normalized spacial score (nSPS) is 13.0. The highest BCUT2D eigenvalue weighted by Crippen LogP contribution is 2.28. The zero-order valence-corrected chi connectivity index (χ0v) is 16.6. The van der Waals surface area contributed by atoms with E-state index in [0.717, 1.165) is 11.8 Å². The Morgan fingerprint density at radius 1 is 1.31 bits per heavy atom. The molecule has 142 valence electrons. The van der Waals surface area contributed by atoms with E-state index in [1.54, 1.807) is 32.9 Å². The molecule has 0 spiro atoms. The minimum atomic E-state index is -3.58. The Labute approximate surface area is 157 Å². The average Bonchev–Trinajstić information content (AvgIpc) is 3.10. The van der Waals surface area contributed by atoms with Crippen molar-refractivity contribution in [3.63, 3.8) is 0 Å². The summed E-state index contributed by atoms with van der Waals surface area (Å²) in [5.74, 6) is -0.219. The minimum absolute atomic E-state index is 0.161. The molecule has 0 amide bonds. The maximum atomic E-state index is 12.6. The van der Waals surface area contributed by atoms with Gasteiger partial charge in [0.2, 0.25) is 15.9 Å². The molecule has 10 heteroatoms. The van der Waals surface area contributed by atoms with Gasteiger partial charge in [-0.2, -0.15) is 4.31 Å². The number of benzene rings is 1. The van der Waals surface area contributed by atoms with Crippen molar-refractivity contribution in [1.29, 1.82) is 0 Å². The summed E-state index contributed by atoms with van der Waals surface area (Å²) in [6.07, 6.45) is 0. The molecule has 0 fully saturated rings. The predicted octanol–water partition coefficient (Wildman–Crippen LogP) is 2.42. The van der Waals surface area contributed by atoms with Gasteiger partial charge in [0, 0.05) is 18.7 Å². The van der Waals surface area contributed by atoms with Crippen LogP contribution in [0.4, 0.5) is 0 Å². The summed E-state index contributed by atoms with van der Waals surface area (Å²) in [6, 6.07) is 6.34. The van der Waals surface area contributed by atoms with Crippen molar-refractivity contribution in [1.82, 2.24) is 14.5 Å². The van der Waals surface area contributed by atoms with Gasteiger partial charge in [0.25, 0.3) is 5.22 Å². The van der Waals surface area contributed by atoms with Crippen molar-refractivity contribution in [2.45, 2.75) is 36.1 Å². The van der Waals surface area contributed by atoms with Crippen LogP contribution in [-0.4, -0.2) is 54.3 Å². The lowest BCUT2D eigenvalue weighted by atomic mass is 10.2. The van der Waals surface area contributed by atoms with Gasteiger partial charge < -0.3 is 9.15 Å². The lowest BCUT2D eigenvalue weighted by Gasteiger charge is -2.18. The Hall–Kier alpha value is -1.91. The first-order valence-electron chi connectivity index (χ1n) is 8.02. The predicted molar refractivity (Wildman–Crippen MR) is 97.2 cm³/mol. The van der Waals surface area contributed by atoms with E-state index in [-0.39, 0.29) is 16.0 Å². The van der Waals surface area contributed by atoms with Crippen LogP contribution >= 0.6 is 11.8 Å². The molecule has 1 aromatic heterocycles. The first kappa shape index (κ1) is 20.4. The largest absolute Gasteiger partial charge is 0.468 e. The van der Waals surface area contributed by atoms with Gasteiger partial charge in [-0.05, 0) is 25.1 Å². The summed E-state index contributed by atoms with van der Waals surface area (Å²) in [4.78, 5) is 11.6. The van der Waals surface area contributed by atoms with Gasteiger partial charge >= 0.3 is 5.97 Å². The van der Waals surface area contributed by atoms with Crippen LogP contribution in [0, 0.1) is 0 Å². The molecule has 0 aliphatic carbocycles. The summed E-state index contributed by atoms with van der Waals surface area (Å²) in [5.41, 5.74) is 0.489. The van der Waals surface area contributed by atoms with E-state index in [2.05, 4.69) is 14.9 Å². The Morgan fingerprint density at radius 2 is 2.00 bits per heavy atom. The van der Waals surface area contributed by atoms with Crippen molar-refractivity contribution in [2.75, 3.05) is 20.2 Å². The number of aromatic nitrogens is 2. The van der Waals surface area contributed by atoms with Gasteiger partial charge in [-0.3, -0.25) is 4.79 Å². The third-order valence-electron chi connectivity index (χ3n) is 3.64. The maximum absolute atomic E-state index is 12.6. The Bertz CT molecular complexity index is 862. The fourth-order valence-electron chi connectivity index (χ4n) is 2.24. The smallest absolute Gasteiger partial charge is 0.319 e. The van der Waals surface area contributed by atoms with Crippen molar-refractivity contribution in [3.05, 3.63) is 24.3 Å². The van der Waals surface area contributed by atoms with Crippen molar-refractivity contribution >= 4 is 27.8 Å². The molecule has 0 saturated carbocycles. The second-order valence-corrected chi connectivity index (χ2v) is 8.50. The lowest BCUT2D eigenvalue weighted by molar-refractivity contribution is -0.139. The van der Waals surface area contributed by atoms with E-state index >= 15 is 0 Å². The van der Waals surface area contributed by atoms with Crippen LogP contribution in [0.3, 0.4) is 0 Å². The van der Waals surface area contributed by atoms with Crippen LogP contribution in [0.1, 0.15) is 20.8 Å². The summed E-state index contributed by atoms with van der Waals surface area (Å²) >= 11 is 1.07. The highest BCUT2D eigenvalue weighted by atomic mass is 32.2. The number of ether oxygens (including phenoxy) is 1. The van der Waals surface area contributed by atoms with Crippen LogP contribution in [0.2, 0.25) is 0 Å². The molecule has 0 saturated heterocycles. The third-order valence-corrected chi connectivity index (χ3v) is 6.60. The summed E-state index contributed by atoms with van der Waals surface area (Å²) in [6.45, 7) is 6.01. The zero-order chi connectivity index (χ0) is 19.3. The van der Waals surface area contributed by atoms with E-state index in [1.807, 2.05) is 0 Å². The summed E-state index contributed by atoms with van der Waals surface area (Å²) < 4.78 is 36.8. The highest BCUT2D eigenvalue weighted by molar-refractivity contribution is 8.00. The molecule has 1 atom stereocenters. The average molecular weight is 399 g/mol. The minimum Gasteiger partial charge on any atom is -0.468 e. The number of thioether (sulfide) groups is 1. The zero-order valence-electron chi connectivity index (χ0n) is 15.0. The Kier molecular flexibility index (Phi) is 6.79. The van der Waals surface area contributed by atoms with E-state index in [0.29, 0.717) is 18.7 Å². The van der Waals surface area contributed by atoms with Gasteiger partial charge in [0.1, 0.15) is 5.25 Å². The molecule has 1 heterocycles. The molecule has 0 radical (unpaired) electrons. The molecule has 1 aromatic carbocycles. The highest BCUT2D eigenvalue weighted by Gasteiger charge is 2.23. The number of carbonyl (C=O) groups is 1. The summed E-state index contributed by atoms with van der Waals surface area (Å²) in [7, 11) is -2.28. The van der Waals surface area contributed by atoms with Gasteiger partial charge in [0.15, 0.2) is 0 Å². The molecule has 0 bridgehead atoms. The molecule has 26 heavy (non-hydrogen) atoms. The fourth-order valence-corrected chi connectivity index (χ4v) is 4.46. The lowest BCUT2D eigenvalue weighted by Crippen LogP contribution is -2.30.